The molecule has 0 saturated carbocycles. The maximum Gasteiger partial charge on any atom is 0.254 e. The molecule has 2 aromatic rings. The maximum absolute atomic E-state index is 12.8. The number of hydrogen-bond donors (Lipinski definition) is 0. The lowest BCUT2D eigenvalue weighted by molar-refractivity contribution is 0.0734. The van der Waals surface area contributed by atoms with Gasteiger partial charge in [0.25, 0.3) is 5.91 Å². The Hall–Kier alpha value is -2.33. The van der Waals surface area contributed by atoms with Crippen LogP contribution in [-0.4, -0.2) is 43.7 Å². The molecule has 0 bridgehead atoms. The molecule has 4 heteroatoms. The zero-order chi connectivity index (χ0) is 17.2. The molecule has 4 rings (SSSR count). The predicted octanol–water partition coefficient (Wildman–Crippen LogP) is 3.11. The molecule has 25 heavy (non-hydrogen) atoms. The third kappa shape index (κ3) is 3.27. The molecule has 130 valence electrons. The average Bonchev–Trinajstić information content (AvgIpc) is 3.16. The molecule has 2 aliphatic heterocycles. The highest BCUT2D eigenvalue weighted by atomic mass is 16.5. The number of rotatable bonds is 3. The van der Waals surface area contributed by atoms with Crippen molar-refractivity contribution in [3.05, 3.63) is 65.2 Å². The van der Waals surface area contributed by atoms with Gasteiger partial charge in [-0.15, -0.1) is 0 Å². The molecule has 0 aliphatic carbocycles. The SMILES string of the molecule is CO[C@H]1CCN(c2ccc(C(=O)N3CCc4ccccc4C3)cc2)C1. The van der Waals surface area contributed by atoms with E-state index in [1.165, 1.54) is 16.8 Å². The number of anilines is 1. The van der Waals surface area contributed by atoms with Gasteiger partial charge in [-0.25, -0.2) is 0 Å². The quantitative estimate of drug-likeness (QED) is 0.863. The molecule has 2 heterocycles. The van der Waals surface area contributed by atoms with Crippen LogP contribution in [0.2, 0.25) is 0 Å². The van der Waals surface area contributed by atoms with Crippen LogP contribution in [0.1, 0.15) is 27.9 Å². The summed E-state index contributed by atoms with van der Waals surface area (Å²) in [6.45, 7) is 3.43. The summed E-state index contributed by atoms with van der Waals surface area (Å²) in [5, 5.41) is 0. The smallest absolute Gasteiger partial charge is 0.254 e. The molecule has 4 nitrogen and oxygen atoms in total. The Balaban J connectivity index is 1.45. The molecule has 0 spiro atoms. The number of ether oxygens (including phenoxy) is 1. The van der Waals surface area contributed by atoms with Crippen LogP contribution in [0.25, 0.3) is 0 Å². The number of hydrogen-bond acceptors (Lipinski definition) is 3. The summed E-state index contributed by atoms with van der Waals surface area (Å²) in [6, 6.07) is 16.4. The number of nitrogens with zero attached hydrogens (tertiary/aromatic N) is 2. The van der Waals surface area contributed by atoms with E-state index in [1.807, 2.05) is 23.1 Å². The van der Waals surface area contributed by atoms with Gasteiger partial charge in [0, 0.05) is 44.5 Å². The molecule has 2 aliphatic rings. The Morgan fingerprint density at radius 2 is 1.80 bits per heavy atom. The second-order valence-corrected chi connectivity index (χ2v) is 6.88. The van der Waals surface area contributed by atoms with Crippen LogP contribution >= 0.6 is 0 Å². The average molecular weight is 336 g/mol. The van der Waals surface area contributed by atoms with Crippen molar-refractivity contribution in [2.75, 3.05) is 31.6 Å². The number of methoxy groups -OCH3 is 1. The lowest BCUT2D eigenvalue weighted by atomic mass is 9.99. The van der Waals surface area contributed by atoms with Gasteiger partial charge in [-0.3, -0.25) is 4.79 Å². The number of amides is 1. The highest BCUT2D eigenvalue weighted by Gasteiger charge is 2.24. The minimum absolute atomic E-state index is 0.122. The molecule has 2 aromatic carbocycles. The van der Waals surface area contributed by atoms with E-state index in [4.69, 9.17) is 4.74 Å². The zero-order valence-electron chi connectivity index (χ0n) is 14.6. The summed E-state index contributed by atoms with van der Waals surface area (Å²) >= 11 is 0. The Labute approximate surface area is 149 Å². The first kappa shape index (κ1) is 16.2. The molecule has 0 aromatic heterocycles. The van der Waals surface area contributed by atoms with Crippen molar-refractivity contribution < 1.29 is 9.53 Å². The van der Waals surface area contributed by atoms with Crippen molar-refractivity contribution in [3.8, 4) is 0 Å². The first-order chi connectivity index (χ1) is 12.2. The Morgan fingerprint density at radius 1 is 1.04 bits per heavy atom. The minimum Gasteiger partial charge on any atom is -0.380 e. The Kier molecular flexibility index (Phi) is 4.45. The van der Waals surface area contributed by atoms with E-state index in [9.17, 15) is 4.79 Å². The van der Waals surface area contributed by atoms with Gasteiger partial charge in [0.2, 0.25) is 0 Å². The van der Waals surface area contributed by atoms with Gasteiger partial charge in [0.15, 0.2) is 0 Å². The highest BCUT2D eigenvalue weighted by Crippen LogP contribution is 2.24. The van der Waals surface area contributed by atoms with Crippen LogP contribution in [0, 0.1) is 0 Å². The Bertz CT molecular complexity index is 757. The molecular formula is C21H24N2O2. The van der Waals surface area contributed by atoms with Crippen molar-refractivity contribution in [1.82, 2.24) is 4.90 Å². The maximum atomic E-state index is 12.8. The summed E-state index contributed by atoms with van der Waals surface area (Å²) in [5.41, 5.74) is 4.57. The van der Waals surface area contributed by atoms with E-state index in [0.717, 1.165) is 38.0 Å². The predicted molar refractivity (Wildman–Crippen MR) is 99.0 cm³/mol. The van der Waals surface area contributed by atoms with Crippen LogP contribution in [0.4, 0.5) is 5.69 Å². The molecule has 1 atom stereocenters. The fraction of sp³-hybridized carbons (Fsp3) is 0.381. The van der Waals surface area contributed by atoms with Crippen LogP contribution < -0.4 is 4.90 Å². The molecule has 1 amide bonds. The summed E-state index contributed by atoms with van der Waals surface area (Å²) < 4.78 is 5.43. The minimum atomic E-state index is 0.122. The Morgan fingerprint density at radius 3 is 2.52 bits per heavy atom. The third-order valence-corrected chi connectivity index (χ3v) is 5.38. The fourth-order valence-electron chi connectivity index (χ4n) is 3.82. The number of carbonyl (C=O) groups excluding carboxylic acids is 1. The summed E-state index contributed by atoms with van der Waals surface area (Å²) in [4.78, 5) is 17.1. The molecule has 0 N–H and O–H groups in total. The van der Waals surface area contributed by atoms with E-state index in [1.54, 1.807) is 7.11 Å². The number of carbonyl (C=O) groups is 1. The third-order valence-electron chi connectivity index (χ3n) is 5.38. The van der Waals surface area contributed by atoms with Gasteiger partial charge in [-0.2, -0.15) is 0 Å². The van der Waals surface area contributed by atoms with Gasteiger partial charge < -0.3 is 14.5 Å². The van der Waals surface area contributed by atoms with Crippen LogP contribution in [0.5, 0.6) is 0 Å². The molecule has 0 radical (unpaired) electrons. The van der Waals surface area contributed by atoms with E-state index in [0.29, 0.717) is 12.6 Å². The highest BCUT2D eigenvalue weighted by molar-refractivity contribution is 5.94. The second-order valence-electron chi connectivity index (χ2n) is 6.88. The van der Waals surface area contributed by atoms with Crippen molar-refractivity contribution in [3.63, 3.8) is 0 Å². The largest absolute Gasteiger partial charge is 0.380 e. The van der Waals surface area contributed by atoms with Gasteiger partial charge in [-0.1, -0.05) is 24.3 Å². The number of fused-ring (bicyclic) bond motifs is 1. The second kappa shape index (κ2) is 6.89. The van der Waals surface area contributed by atoms with Crippen LogP contribution in [0.3, 0.4) is 0 Å². The standard InChI is InChI=1S/C21H24N2O2/c1-25-20-11-13-22(15-20)19-8-6-17(7-9-19)21(24)23-12-10-16-4-2-3-5-18(16)14-23/h2-9,20H,10-15H2,1H3/t20-/m0/s1. The van der Waals surface area contributed by atoms with Gasteiger partial charge in [0.1, 0.15) is 0 Å². The van der Waals surface area contributed by atoms with E-state index in [2.05, 4.69) is 35.2 Å². The topological polar surface area (TPSA) is 32.8 Å². The molecular weight excluding hydrogens is 312 g/mol. The van der Waals surface area contributed by atoms with E-state index < -0.39 is 0 Å². The summed E-state index contributed by atoms with van der Waals surface area (Å²) in [6.07, 6.45) is 2.31. The number of benzene rings is 2. The molecule has 1 fully saturated rings. The molecule has 0 unspecified atom stereocenters. The zero-order valence-corrected chi connectivity index (χ0v) is 14.6. The van der Waals surface area contributed by atoms with Crippen molar-refractivity contribution in [2.45, 2.75) is 25.5 Å². The van der Waals surface area contributed by atoms with Crippen LogP contribution in [0.15, 0.2) is 48.5 Å². The van der Waals surface area contributed by atoms with Crippen LogP contribution in [-0.2, 0) is 17.7 Å². The summed E-state index contributed by atoms with van der Waals surface area (Å²) in [7, 11) is 1.77. The van der Waals surface area contributed by atoms with Crippen molar-refractivity contribution >= 4 is 11.6 Å². The van der Waals surface area contributed by atoms with Gasteiger partial charge >= 0.3 is 0 Å². The lowest BCUT2D eigenvalue weighted by Crippen LogP contribution is -2.35. The summed E-state index contributed by atoms with van der Waals surface area (Å²) in [5.74, 6) is 0.122. The first-order valence-electron chi connectivity index (χ1n) is 8.98. The van der Waals surface area contributed by atoms with Gasteiger partial charge in [-0.05, 0) is 48.2 Å². The first-order valence-corrected chi connectivity index (χ1v) is 8.98. The molecule has 1 saturated heterocycles. The van der Waals surface area contributed by atoms with E-state index >= 15 is 0 Å². The monoisotopic (exact) mass is 336 g/mol. The van der Waals surface area contributed by atoms with Gasteiger partial charge in [0.05, 0.1) is 6.10 Å². The fourth-order valence-corrected chi connectivity index (χ4v) is 3.82. The van der Waals surface area contributed by atoms with E-state index in [-0.39, 0.29) is 5.91 Å². The van der Waals surface area contributed by atoms with Crippen molar-refractivity contribution in [1.29, 1.82) is 0 Å². The lowest BCUT2D eigenvalue weighted by Gasteiger charge is -2.29. The normalized spacial score (nSPS) is 19.8. The van der Waals surface area contributed by atoms with Crippen molar-refractivity contribution in [2.24, 2.45) is 0 Å².